The van der Waals surface area contributed by atoms with Gasteiger partial charge in [-0.2, -0.15) is 0 Å². The van der Waals surface area contributed by atoms with E-state index in [2.05, 4.69) is 0 Å². The summed E-state index contributed by atoms with van der Waals surface area (Å²) in [5, 5.41) is 11.4. The first kappa shape index (κ1) is 15.1. The largest absolute Gasteiger partial charge is 0.393 e. The van der Waals surface area contributed by atoms with E-state index in [-0.39, 0.29) is 6.10 Å². The smallest absolute Gasteiger partial charge is 0.0583 e. The van der Waals surface area contributed by atoms with E-state index >= 15 is 0 Å². The first-order chi connectivity index (χ1) is 9.08. The zero-order valence-corrected chi connectivity index (χ0v) is 12.6. The van der Waals surface area contributed by atoms with E-state index < -0.39 is 0 Å². The van der Waals surface area contributed by atoms with Gasteiger partial charge in [-0.05, 0) is 56.2 Å². The highest BCUT2D eigenvalue weighted by molar-refractivity contribution is 6.35. The molecule has 1 unspecified atom stereocenters. The second kappa shape index (κ2) is 6.94. The predicted molar refractivity (Wildman–Crippen MR) is 78.9 cm³/mol. The van der Waals surface area contributed by atoms with Crippen molar-refractivity contribution < 1.29 is 9.84 Å². The van der Waals surface area contributed by atoms with Crippen LogP contribution in [0.3, 0.4) is 0 Å². The molecule has 0 aromatic heterocycles. The molecule has 0 saturated heterocycles. The molecule has 0 amide bonds. The molecule has 2 rings (SSSR count). The summed E-state index contributed by atoms with van der Waals surface area (Å²) >= 11 is 12.0. The van der Waals surface area contributed by atoms with Crippen LogP contribution in [0.2, 0.25) is 10.0 Å². The molecule has 19 heavy (non-hydrogen) atoms. The predicted octanol–water partition coefficient (Wildman–Crippen LogP) is 4.10. The van der Waals surface area contributed by atoms with Crippen molar-refractivity contribution in [1.29, 1.82) is 0 Å². The van der Waals surface area contributed by atoms with Gasteiger partial charge in [-0.25, -0.2) is 0 Å². The average Bonchev–Trinajstić information content (AvgIpc) is 2.30. The van der Waals surface area contributed by atoms with Gasteiger partial charge in [-0.3, -0.25) is 0 Å². The lowest BCUT2D eigenvalue weighted by atomic mass is 9.78. The summed E-state index contributed by atoms with van der Waals surface area (Å²) in [5.74, 6) is 0.581. The molecule has 1 saturated carbocycles. The summed E-state index contributed by atoms with van der Waals surface area (Å²) in [6.07, 6.45) is 3.61. The Bertz CT molecular complexity index is 417. The molecule has 2 nitrogen and oxygen atoms in total. The highest BCUT2D eigenvalue weighted by Gasteiger charge is 2.31. The minimum absolute atomic E-state index is 0.341. The van der Waals surface area contributed by atoms with Crippen LogP contribution in [-0.2, 0) is 11.2 Å². The molecule has 0 spiro atoms. The normalized spacial score (nSPS) is 24.0. The third-order valence-electron chi connectivity index (χ3n) is 3.67. The van der Waals surface area contributed by atoms with Crippen molar-refractivity contribution >= 4 is 23.2 Å². The molecule has 0 radical (unpaired) electrons. The fourth-order valence-electron chi connectivity index (χ4n) is 2.65. The Labute approximate surface area is 124 Å². The fourth-order valence-corrected chi connectivity index (χ4v) is 3.13. The van der Waals surface area contributed by atoms with E-state index in [1.54, 1.807) is 6.07 Å². The highest BCUT2D eigenvalue weighted by atomic mass is 35.5. The van der Waals surface area contributed by atoms with Crippen molar-refractivity contribution in [2.75, 3.05) is 6.61 Å². The van der Waals surface area contributed by atoms with Crippen LogP contribution < -0.4 is 0 Å². The quantitative estimate of drug-likeness (QED) is 0.857. The van der Waals surface area contributed by atoms with Gasteiger partial charge in [-0.1, -0.05) is 29.3 Å². The number of benzene rings is 1. The van der Waals surface area contributed by atoms with Crippen LogP contribution in [-0.4, -0.2) is 23.9 Å². The topological polar surface area (TPSA) is 29.5 Å². The van der Waals surface area contributed by atoms with Crippen molar-refractivity contribution in [1.82, 2.24) is 0 Å². The van der Waals surface area contributed by atoms with Crippen LogP contribution in [0.5, 0.6) is 0 Å². The molecule has 1 atom stereocenters. The molecule has 1 aromatic carbocycles. The van der Waals surface area contributed by atoms with Crippen LogP contribution in [0.4, 0.5) is 0 Å². The molecular formula is C15H20Cl2O2. The number of hydrogen-bond donors (Lipinski definition) is 1. The maximum absolute atomic E-state index is 10.1. The lowest BCUT2D eigenvalue weighted by Gasteiger charge is -2.36. The Morgan fingerprint density at radius 2 is 2.11 bits per heavy atom. The van der Waals surface area contributed by atoms with Gasteiger partial charge in [0.15, 0.2) is 0 Å². The minimum atomic E-state index is -0.341. The van der Waals surface area contributed by atoms with Crippen LogP contribution in [0, 0.1) is 5.92 Å². The van der Waals surface area contributed by atoms with E-state index in [0.29, 0.717) is 28.5 Å². The molecule has 1 aromatic rings. The monoisotopic (exact) mass is 302 g/mol. The third-order valence-corrected chi connectivity index (χ3v) is 4.26. The molecule has 1 aliphatic carbocycles. The van der Waals surface area contributed by atoms with Crippen molar-refractivity contribution in [2.24, 2.45) is 5.92 Å². The fraction of sp³-hybridized carbons (Fsp3) is 0.600. The van der Waals surface area contributed by atoms with Gasteiger partial charge >= 0.3 is 0 Å². The number of aliphatic hydroxyl groups is 1. The molecule has 0 aliphatic heterocycles. The van der Waals surface area contributed by atoms with Crippen molar-refractivity contribution in [3.63, 3.8) is 0 Å². The third kappa shape index (κ3) is 4.35. The Kier molecular flexibility index (Phi) is 5.52. The van der Waals surface area contributed by atoms with Gasteiger partial charge < -0.3 is 9.84 Å². The molecule has 0 heterocycles. The summed E-state index contributed by atoms with van der Waals surface area (Å²) in [4.78, 5) is 0. The average molecular weight is 303 g/mol. The molecule has 106 valence electrons. The standard InChI is InChI=1S/C15H20Cl2O2/c1-2-19-14-6-10(7-14)5-13(18)8-11-3-4-12(16)9-15(11)17/h3-4,9-10,13-14,18H,2,5-8H2,1H3. The van der Waals surface area contributed by atoms with Gasteiger partial charge in [0, 0.05) is 16.7 Å². The Morgan fingerprint density at radius 1 is 1.37 bits per heavy atom. The van der Waals surface area contributed by atoms with E-state index in [9.17, 15) is 5.11 Å². The van der Waals surface area contributed by atoms with Crippen LogP contribution in [0.15, 0.2) is 18.2 Å². The number of aliphatic hydroxyl groups excluding tert-OH is 1. The summed E-state index contributed by atoms with van der Waals surface area (Å²) in [6, 6.07) is 5.42. The maximum atomic E-state index is 10.1. The lowest BCUT2D eigenvalue weighted by Crippen LogP contribution is -2.34. The Morgan fingerprint density at radius 3 is 2.74 bits per heavy atom. The summed E-state index contributed by atoms with van der Waals surface area (Å²) in [5.41, 5.74) is 0.958. The van der Waals surface area contributed by atoms with Gasteiger partial charge in [0.05, 0.1) is 12.2 Å². The van der Waals surface area contributed by atoms with Crippen LogP contribution >= 0.6 is 23.2 Å². The minimum Gasteiger partial charge on any atom is -0.393 e. The van der Waals surface area contributed by atoms with Crippen molar-refractivity contribution in [3.8, 4) is 0 Å². The maximum Gasteiger partial charge on any atom is 0.0583 e. The van der Waals surface area contributed by atoms with E-state index in [0.717, 1.165) is 31.4 Å². The van der Waals surface area contributed by atoms with Gasteiger partial charge in [0.25, 0.3) is 0 Å². The first-order valence-electron chi connectivity index (χ1n) is 6.82. The number of halogens is 2. The second-order valence-electron chi connectivity index (χ2n) is 5.24. The SMILES string of the molecule is CCOC1CC(CC(O)Cc2ccc(Cl)cc2Cl)C1. The highest BCUT2D eigenvalue weighted by Crippen LogP contribution is 2.34. The first-order valence-corrected chi connectivity index (χ1v) is 7.57. The molecule has 1 fully saturated rings. The van der Waals surface area contributed by atoms with Gasteiger partial charge in [0.1, 0.15) is 0 Å². The zero-order valence-electron chi connectivity index (χ0n) is 11.1. The lowest BCUT2D eigenvalue weighted by molar-refractivity contribution is -0.0375. The van der Waals surface area contributed by atoms with Crippen molar-refractivity contribution in [2.45, 2.75) is 44.8 Å². The van der Waals surface area contributed by atoms with Crippen molar-refractivity contribution in [3.05, 3.63) is 33.8 Å². The number of rotatable bonds is 6. The molecule has 1 N–H and O–H groups in total. The number of ether oxygens (including phenoxy) is 1. The summed E-state index contributed by atoms with van der Waals surface area (Å²) in [6.45, 7) is 2.80. The molecule has 1 aliphatic rings. The van der Waals surface area contributed by atoms with E-state index in [4.69, 9.17) is 27.9 Å². The number of hydrogen-bond acceptors (Lipinski definition) is 2. The summed E-state index contributed by atoms with van der Waals surface area (Å²) in [7, 11) is 0. The summed E-state index contributed by atoms with van der Waals surface area (Å²) < 4.78 is 5.52. The van der Waals surface area contributed by atoms with E-state index in [1.165, 1.54) is 0 Å². The van der Waals surface area contributed by atoms with E-state index in [1.807, 2.05) is 19.1 Å². The Balaban J connectivity index is 1.77. The Hall–Kier alpha value is -0.280. The van der Waals surface area contributed by atoms with Crippen LogP contribution in [0.25, 0.3) is 0 Å². The second-order valence-corrected chi connectivity index (χ2v) is 6.09. The van der Waals surface area contributed by atoms with Gasteiger partial charge in [-0.15, -0.1) is 0 Å². The van der Waals surface area contributed by atoms with Crippen LogP contribution in [0.1, 0.15) is 31.7 Å². The van der Waals surface area contributed by atoms with Gasteiger partial charge in [0.2, 0.25) is 0 Å². The molecular weight excluding hydrogens is 283 g/mol. The zero-order chi connectivity index (χ0) is 13.8. The molecule has 4 heteroatoms. The molecule has 0 bridgehead atoms.